The Hall–Kier alpha value is -3.06. The van der Waals surface area contributed by atoms with Gasteiger partial charge in [0.25, 0.3) is 0 Å². The van der Waals surface area contributed by atoms with Gasteiger partial charge in [0, 0.05) is 38.5 Å². The maximum Gasteiger partial charge on any atom is 0.239 e. The van der Waals surface area contributed by atoms with Gasteiger partial charge in [-0.05, 0) is 48.2 Å². The third-order valence-electron chi connectivity index (χ3n) is 6.68. The highest BCUT2D eigenvalue weighted by Gasteiger charge is 2.35. The maximum absolute atomic E-state index is 12.6. The molecule has 1 aliphatic carbocycles. The number of benzene rings is 2. The molecule has 1 saturated heterocycles. The summed E-state index contributed by atoms with van der Waals surface area (Å²) in [6, 6.07) is 13.2. The number of nitrogens with zero attached hydrogens (tertiary/aromatic N) is 3. The van der Waals surface area contributed by atoms with Crippen LogP contribution in [0.2, 0.25) is 0 Å². The number of amides is 1. The first-order valence-corrected chi connectivity index (χ1v) is 11.0. The number of aryl methyl sites for hydroxylation is 1. The van der Waals surface area contributed by atoms with E-state index >= 15 is 0 Å². The number of rotatable bonds is 3. The number of piperazine rings is 1. The second-order valence-electron chi connectivity index (χ2n) is 8.68. The highest BCUT2D eigenvalue weighted by Crippen LogP contribution is 2.40. The fourth-order valence-electron chi connectivity index (χ4n) is 5.11. The van der Waals surface area contributed by atoms with Crippen molar-refractivity contribution in [2.75, 3.05) is 37.6 Å². The van der Waals surface area contributed by atoms with Gasteiger partial charge in [-0.15, -0.1) is 0 Å². The normalized spacial score (nSPS) is 23.1. The van der Waals surface area contributed by atoms with Crippen LogP contribution >= 0.6 is 0 Å². The van der Waals surface area contributed by atoms with E-state index in [9.17, 15) is 15.0 Å². The highest BCUT2D eigenvalue weighted by molar-refractivity contribution is 6.00. The quantitative estimate of drug-likeness (QED) is 0.709. The van der Waals surface area contributed by atoms with Crippen LogP contribution in [0.4, 0.5) is 5.69 Å². The van der Waals surface area contributed by atoms with Crippen molar-refractivity contribution in [3.8, 4) is 11.5 Å². The SMILES string of the molecule is O=C(CN1CCN(c2ccccc2O)CC1)NC1=NC2CCc3cc(O)ccc3C2C1. The van der Waals surface area contributed by atoms with Crippen molar-refractivity contribution < 1.29 is 15.0 Å². The smallest absolute Gasteiger partial charge is 0.239 e. The Morgan fingerprint density at radius 1 is 1.10 bits per heavy atom. The molecule has 0 saturated carbocycles. The molecule has 7 heteroatoms. The lowest BCUT2D eigenvalue weighted by Crippen LogP contribution is -2.50. The molecule has 2 aromatic rings. The Morgan fingerprint density at radius 2 is 1.90 bits per heavy atom. The second kappa shape index (κ2) is 8.23. The van der Waals surface area contributed by atoms with Crippen LogP contribution in [0.1, 0.15) is 29.9 Å². The topological polar surface area (TPSA) is 88.4 Å². The van der Waals surface area contributed by atoms with E-state index < -0.39 is 0 Å². The molecule has 0 radical (unpaired) electrons. The van der Waals surface area contributed by atoms with Crippen LogP contribution in [0.5, 0.6) is 11.5 Å². The number of fused-ring (bicyclic) bond motifs is 3. The molecular formula is C24H28N4O3. The van der Waals surface area contributed by atoms with E-state index in [0.717, 1.165) is 57.0 Å². The fourth-order valence-corrected chi connectivity index (χ4v) is 5.11. The van der Waals surface area contributed by atoms with E-state index in [-0.39, 0.29) is 11.9 Å². The molecular weight excluding hydrogens is 392 g/mol. The van der Waals surface area contributed by atoms with Gasteiger partial charge < -0.3 is 20.4 Å². The van der Waals surface area contributed by atoms with Crippen molar-refractivity contribution in [1.29, 1.82) is 0 Å². The summed E-state index contributed by atoms with van der Waals surface area (Å²) in [5.41, 5.74) is 3.30. The summed E-state index contributed by atoms with van der Waals surface area (Å²) in [6.07, 6.45) is 2.61. The van der Waals surface area contributed by atoms with Crippen LogP contribution in [-0.2, 0) is 11.2 Å². The van der Waals surface area contributed by atoms with Gasteiger partial charge in [0.2, 0.25) is 5.91 Å². The van der Waals surface area contributed by atoms with Crippen molar-refractivity contribution in [3.05, 3.63) is 53.6 Å². The molecule has 2 aliphatic heterocycles. The third kappa shape index (κ3) is 4.10. The molecule has 2 atom stereocenters. The van der Waals surface area contributed by atoms with Crippen LogP contribution in [0.3, 0.4) is 0 Å². The molecule has 162 valence electrons. The standard InChI is InChI=1S/C24H28N4O3/c29-17-6-7-18-16(13-17)5-8-20-19(18)14-23(25-20)26-24(31)15-27-9-11-28(12-10-27)21-3-1-2-4-22(21)30/h1-4,6-7,13,19-20,29-30H,5,8-12,14-15H2,(H,25,26,31). The van der Waals surface area contributed by atoms with Crippen molar-refractivity contribution in [2.24, 2.45) is 4.99 Å². The zero-order chi connectivity index (χ0) is 21.4. The Kier molecular flexibility index (Phi) is 5.28. The fraction of sp³-hybridized carbons (Fsp3) is 0.417. The Labute approximate surface area is 182 Å². The molecule has 3 aliphatic rings. The number of aliphatic imine (C=N–C) groups is 1. The van der Waals surface area contributed by atoms with Crippen LogP contribution in [0, 0.1) is 0 Å². The first-order valence-electron chi connectivity index (χ1n) is 11.0. The van der Waals surface area contributed by atoms with Crippen LogP contribution in [-0.4, -0.2) is 65.6 Å². The number of phenolic OH excluding ortho intramolecular Hbond substituents is 2. The molecule has 0 bridgehead atoms. The number of para-hydroxylation sites is 2. The minimum Gasteiger partial charge on any atom is -0.508 e. The average molecular weight is 421 g/mol. The Balaban J connectivity index is 1.14. The van der Waals surface area contributed by atoms with E-state index in [1.807, 2.05) is 30.3 Å². The average Bonchev–Trinajstić information content (AvgIpc) is 3.17. The van der Waals surface area contributed by atoms with E-state index in [2.05, 4.69) is 15.1 Å². The molecule has 7 nitrogen and oxygen atoms in total. The predicted molar refractivity (Wildman–Crippen MR) is 120 cm³/mol. The number of phenols is 2. The van der Waals surface area contributed by atoms with Crippen LogP contribution in [0.25, 0.3) is 0 Å². The van der Waals surface area contributed by atoms with Gasteiger partial charge in [-0.2, -0.15) is 0 Å². The number of anilines is 1. The van der Waals surface area contributed by atoms with E-state index in [1.54, 1.807) is 12.1 Å². The van der Waals surface area contributed by atoms with Crippen molar-refractivity contribution in [1.82, 2.24) is 10.2 Å². The van der Waals surface area contributed by atoms with Gasteiger partial charge in [-0.1, -0.05) is 18.2 Å². The molecule has 31 heavy (non-hydrogen) atoms. The summed E-state index contributed by atoms with van der Waals surface area (Å²) in [6.45, 7) is 3.46. The first kappa shape index (κ1) is 19.9. The number of amidine groups is 1. The van der Waals surface area contributed by atoms with Crippen molar-refractivity contribution in [3.63, 3.8) is 0 Å². The zero-order valence-electron chi connectivity index (χ0n) is 17.5. The molecule has 2 heterocycles. The number of aromatic hydroxyl groups is 2. The highest BCUT2D eigenvalue weighted by atomic mass is 16.3. The molecule has 1 fully saturated rings. The molecule has 2 unspecified atom stereocenters. The number of carbonyl (C=O) groups excluding carboxylic acids is 1. The lowest BCUT2D eigenvalue weighted by molar-refractivity contribution is -0.120. The van der Waals surface area contributed by atoms with Gasteiger partial charge in [0.05, 0.1) is 18.3 Å². The largest absolute Gasteiger partial charge is 0.508 e. The zero-order valence-corrected chi connectivity index (χ0v) is 17.5. The minimum atomic E-state index is -0.0145. The predicted octanol–water partition coefficient (Wildman–Crippen LogP) is 2.24. The van der Waals surface area contributed by atoms with E-state index in [0.29, 0.717) is 24.0 Å². The van der Waals surface area contributed by atoms with Gasteiger partial charge in [-0.3, -0.25) is 14.7 Å². The monoisotopic (exact) mass is 420 g/mol. The summed E-state index contributed by atoms with van der Waals surface area (Å²) in [5.74, 6) is 1.67. The molecule has 0 aromatic heterocycles. The summed E-state index contributed by atoms with van der Waals surface area (Å²) < 4.78 is 0. The minimum absolute atomic E-state index is 0.0145. The number of carbonyl (C=O) groups is 1. The Bertz CT molecular complexity index is 1010. The van der Waals surface area contributed by atoms with Crippen LogP contribution < -0.4 is 10.2 Å². The van der Waals surface area contributed by atoms with Crippen molar-refractivity contribution in [2.45, 2.75) is 31.2 Å². The number of nitrogens with one attached hydrogen (secondary N) is 1. The van der Waals surface area contributed by atoms with E-state index in [4.69, 9.17) is 4.99 Å². The summed E-state index contributed by atoms with van der Waals surface area (Å²) >= 11 is 0. The second-order valence-corrected chi connectivity index (χ2v) is 8.68. The molecule has 3 N–H and O–H groups in total. The third-order valence-corrected chi connectivity index (χ3v) is 6.68. The first-order chi connectivity index (χ1) is 15.1. The number of hydrogen-bond donors (Lipinski definition) is 3. The molecule has 0 spiro atoms. The van der Waals surface area contributed by atoms with Crippen LogP contribution in [0.15, 0.2) is 47.5 Å². The van der Waals surface area contributed by atoms with Crippen molar-refractivity contribution >= 4 is 17.4 Å². The van der Waals surface area contributed by atoms with Gasteiger partial charge in [-0.25, -0.2) is 0 Å². The van der Waals surface area contributed by atoms with Gasteiger partial charge in [0.15, 0.2) is 0 Å². The summed E-state index contributed by atoms with van der Waals surface area (Å²) in [7, 11) is 0. The van der Waals surface area contributed by atoms with E-state index in [1.165, 1.54) is 11.1 Å². The lowest BCUT2D eigenvalue weighted by Gasteiger charge is -2.35. The molecule has 2 aromatic carbocycles. The molecule has 5 rings (SSSR count). The van der Waals surface area contributed by atoms with Gasteiger partial charge >= 0.3 is 0 Å². The summed E-state index contributed by atoms with van der Waals surface area (Å²) in [5, 5.41) is 22.8. The van der Waals surface area contributed by atoms with Gasteiger partial charge in [0.1, 0.15) is 17.3 Å². The molecule has 1 amide bonds. The lowest BCUT2D eigenvalue weighted by atomic mass is 9.79. The summed E-state index contributed by atoms with van der Waals surface area (Å²) in [4.78, 5) is 21.7. The maximum atomic E-state index is 12.6. The number of hydrogen-bond acceptors (Lipinski definition) is 6. The Morgan fingerprint density at radius 3 is 2.71 bits per heavy atom.